The predicted octanol–water partition coefficient (Wildman–Crippen LogP) is 0.447. The molecule has 0 aromatic carbocycles. The fraction of sp³-hybridized carbons (Fsp3) is 1.00. The number of nitrogens with zero attached hydrogens (tertiary/aromatic N) is 1. The second-order valence-electron chi connectivity index (χ2n) is 5.02. The van der Waals surface area contributed by atoms with Gasteiger partial charge in [0.05, 0.1) is 0 Å². The zero-order chi connectivity index (χ0) is 12.3. The molecule has 1 saturated carbocycles. The van der Waals surface area contributed by atoms with Crippen molar-refractivity contribution in [3.63, 3.8) is 0 Å². The molecule has 0 spiro atoms. The number of hydrogen-bond acceptors (Lipinski definition) is 3. The van der Waals surface area contributed by atoms with Crippen LogP contribution in [0.2, 0.25) is 0 Å². The fourth-order valence-electron chi connectivity index (χ4n) is 2.14. The number of hydrogen-bond donors (Lipinski definition) is 2. The van der Waals surface area contributed by atoms with Crippen LogP contribution in [0.5, 0.6) is 0 Å². The average Bonchev–Trinajstić information content (AvgIpc) is 3.10. The summed E-state index contributed by atoms with van der Waals surface area (Å²) >= 11 is 0. The van der Waals surface area contributed by atoms with Crippen LogP contribution >= 0.6 is 0 Å². The Balaban J connectivity index is 1.77. The lowest BCUT2D eigenvalue weighted by atomic mass is 10.1. The highest BCUT2D eigenvalue weighted by atomic mass is 32.2. The molecule has 1 saturated heterocycles. The van der Waals surface area contributed by atoms with Gasteiger partial charge in [-0.25, -0.2) is 0 Å². The van der Waals surface area contributed by atoms with E-state index in [9.17, 15) is 8.42 Å². The normalized spacial score (nSPS) is 24.1. The summed E-state index contributed by atoms with van der Waals surface area (Å²) in [4.78, 5) is 0. The maximum absolute atomic E-state index is 12.0. The Bertz CT molecular complexity index is 333. The second kappa shape index (κ2) is 5.65. The highest BCUT2D eigenvalue weighted by Crippen LogP contribution is 2.22. The first-order valence-corrected chi connectivity index (χ1v) is 8.06. The van der Waals surface area contributed by atoms with Crippen LogP contribution < -0.4 is 10.0 Å². The van der Waals surface area contributed by atoms with Gasteiger partial charge in [0, 0.05) is 25.2 Å². The topological polar surface area (TPSA) is 61.4 Å². The minimum absolute atomic E-state index is 0.205. The van der Waals surface area contributed by atoms with Crippen molar-refractivity contribution in [2.75, 3.05) is 19.6 Å². The van der Waals surface area contributed by atoms with Crippen molar-refractivity contribution in [1.82, 2.24) is 14.3 Å². The standard InChI is InChI=1S/C11H23N3O2S/c1-2-7-12-10-5-8-14(9-6-10)17(15,16)13-11-3-4-11/h10-13H,2-9H2,1H3. The predicted molar refractivity (Wildman–Crippen MR) is 68.0 cm³/mol. The van der Waals surface area contributed by atoms with Gasteiger partial charge in [-0.1, -0.05) is 6.92 Å². The number of piperidine rings is 1. The summed E-state index contributed by atoms with van der Waals surface area (Å²) in [6, 6.07) is 0.693. The minimum Gasteiger partial charge on any atom is -0.314 e. The molecule has 1 aliphatic carbocycles. The van der Waals surface area contributed by atoms with Crippen molar-refractivity contribution in [3.05, 3.63) is 0 Å². The molecule has 2 fully saturated rings. The molecular formula is C11H23N3O2S. The molecule has 0 aromatic rings. The highest BCUT2D eigenvalue weighted by molar-refractivity contribution is 7.87. The molecular weight excluding hydrogens is 238 g/mol. The summed E-state index contributed by atoms with van der Waals surface area (Å²) in [6.07, 6.45) is 4.96. The van der Waals surface area contributed by atoms with Crippen LogP contribution in [0, 0.1) is 0 Å². The van der Waals surface area contributed by atoms with Gasteiger partial charge >= 0.3 is 0 Å². The molecule has 2 N–H and O–H groups in total. The molecule has 5 nitrogen and oxygen atoms in total. The highest BCUT2D eigenvalue weighted by Gasteiger charge is 2.32. The van der Waals surface area contributed by atoms with Gasteiger partial charge in [-0.05, 0) is 38.6 Å². The van der Waals surface area contributed by atoms with Crippen LogP contribution in [0.15, 0.2) is 0 Å². The maximum Gasteiger partial charge on any atom is 0.279 e. The molecule has 0 atom stereocenters. The maximum atomic E-state index is 12.0. The van der Waals surface area contributed by atoms with E-state index in [4.69, 9.17) is 0 Å². The molecule has 0 amide bonds. The molecule has 100 valence electrons. The van der Waals surface area contributed by atoms with Gasteiger partial charge in [0.15, 0.2) is 0 Å². The lowest BCUT2D eigenvalue weighted by Crippen LogP contribution is -2.49. The van der Waals surface area contributed by atoms with E-state index in [0.717, 1.165) is 38.6 Å². The fourth-order valence-corrected chi connectivity index (χ4v) is 3.63. The summed E-state index contributed by atoms with van der Waals surface area (Å²) in [7, 11) is -3.21. The zero-order valence-electron chi connectivity index (χ0n) is 10.5. The Hall–Kier alpha value is -0.170. The Kier molecular flexibility index (Phi) is 4.41. The van der Waals surface area contributed by atoms with Gasteiger partial charge in [-0.3, -0.25) is 0 Å². The van der Waals surface area contributed by atoms with Crippen LogP contribution in [0.3, 0.4) is 0 Å². The quantitative estimate of drug-likeness (QED) is 0.729. The first-order chi connectivity index (χ1) is 8.12. The lowest BCUT2D eigenvalue weighted by molar-refractivity contribution is 0.287. The monoisotopic (exact) mass is 261 g/mol. The summed E-state index contributed by atoms with van der Waals surface area (Å²) in [5.74, 6) is 0. The second-order valence-corrected chi connectivity index (χ2v) is 6.73. The zero-order valence-corrected chi connectivity index (χ0v) is 11.3. The van der Waals surface area contributed by atoms with Crippen molar-refractivity contribution in [1.29, 1.82) is 0 Å². The van der Waals surface area contributed by atoms with Crippen molar-refractivity contribution in [3.8, 4) is 0 Å². The third-order valence-corrected chi connectivity index (χ3v) is 5.05. The van der Waals surface area contributed by atoms with Crippen LogP contribution in [0.25, 0.3) is 0 Å². The molecule has 1 aliphatic heterocycles. The van der Waals surface area contributed by atoms with E-state index in [-0.39, 0.29) is 6.04 Å². The van der Waals surface area contributed by atoms with Gasteiger partial charge in [-0.15, -0.1) is 0 Å². The van der Waals surface area contributed by atoms with Gasteiger partial charge in [0.2, 0.25) is 0 Å². The van der Waals surface area contributed by atoms with Crippen LogP contribution in [0.4, 0.5) is 0 Å². The van der Waals surface area contributed by atoms with E-state index in [1.54, 1.807) is 4.31 Å². The summed E-state index contributed by atoms with van der Waals surface area (Å²) in [5, 5.41) is 3.45. The Morgan fingerprint density at radius 1 is 1.12 bits per heavy atom. The first kappa shape index (κ1) is 13.3. The molecule has 0 unspecified atom stereocenters. The van der Waals surface area contributed by atoms with E-state index in [1.165, 1.54) is 0 Å². The lowest BCUT2D eigenvalue weighted by Gasteiger charge is -2.31. The van der Waals surface area contributed by atoms with E-state index in [1.807, 2.05) is 0 Å². The van der Waals surface area contributed by atoms with E-state index in [0.29, 0.717) is 19.1 Å². The van der Waals surface area contributed by atoms with E-state index >= 15 is 0 Å². The molecule has 17 heavy (non-hydrogen) atoms. The van der Waals surface area contributed by atoms with Gasteiger partial charge in [0.1, 0.15) is 0 Å². The average molecular weight is 261 g/mol. The molecule has 1 heterocycles. The molecule has 0 bridgehead atoms. The Labute approximate surface area is 104 Å². The number of nitrogens with one attached hydrogen (secondary N) is 2. The smallest absolute Gasteiger partial charge is 0.279 e. The van der Waals surface area contributed by atoms with Crippen LogP contribution in [-0.4, -0.2) is 44.4 Å². The summed E-state index contributed by atoms with van der Waals surface area (Å²) < 4.78 is 28.2. The van der Waals surface area contributed by atoms with E-state index < -0.39 is 10.2 Å². The van der Waals surface area contributed by atoms with Crippen molar-refractivity contribution >= 4 is 10.2 Å². The van der Waals surface area contributed by atoms with Crippen LogP contribution in [0.1, 0.15) is 39.0 Å². The Morgan fingerprint density at radius 3 is 2.29 bits per heavy atom. The molecule has 0 radical (unpaired) electrons. The van der Waals surface area contributed by atoms with Crippen molar-refractivity contribution in [2.45, 2.75) is 51.1 Å². The first-order valence-electron chi connectivity index (χ1n) is 6.62. The third-order valence-electron chi connectivity index (χ3n) is 3.37. The van der Waals surface area contributed by atoms with Crippen molar-refractivity contribution in [2.24, 2.45) is 0 Å². The van der Waals surface area contributed by atoms with Gasteiger partial charge < -0.3 is 5.32 Å². The van der Waals surface area contributed by atoms with E-state index in [2.05, 4.69) is 17.0 Å². The molecule has 2 aliphatic rings. The molecule has 2 rings (SSSR count). The SMILES string of the molecule is CCCNC1CCN(S(=O)(=O)NC2CC2)CC1. The Morgan fingerprint density at radius 2 is 1.76 bits per heavy atom. The minimum atomic E-state index is -3.21. The summed E-state index contributed by atoms with van der Waals surface area (Å²) in [5.41, 5.74) is 0. The van der Waals surface area contributed by atoms with Crippen molar-refractivity contribution < 1.29 is 8.42 Å². The van der Waals surface area contributed by atoms with Gasteiger partial charge in [-0.2, -0.15) is 17.4 Å². The molecule has 6 heteroatoms. The van der Waals surface area contributed by atoms with Gasteiger partial charge in [0.25, 0.3) is 10.2 Å². The number of rotatable bonds is 6. The van der Waals surface area contributed by atoms with Crippen LogP contribution in [-0.2, 0) is 10.2 Å². The largest absolute Gasteiger partial charge is 0.314 e. The molecule has 0 aromatic heterocycles. The third kappa shape index (κ3) is 3.91. The summed E-state index contributed by atoms with van der Waals surface area (Å²) in [6.45, 7) is 4.46.